The molecule has 1 aliphatic rings. The fourth-order valence-corrected chi connectivity index (χ4v) is 4.77. The Balaban J connectivity index is 0.000000487. The molecule has 0 radical (unpaired) electrons. The normalized spacial score (nSPS) is 14.0. The zero-order valence-electron chi connectivity index (χ0n) is 26.0. The Hall–Kier alpha value is -4.25. The molecule has 1 N–H and O–H groups in total. The Morgan fingerprint density at radius 1 is 1.14 bits per heavy atom. The van der Waals surface area contributed by atoms with E-state index >= 15 is 0 Å². The van der Waals surface area contributed by atoms with Gasteiger partial charge in [0, 0.05) is 38.9 Å². The van der Waals surface area contributed by atoms with Gasteiger partial charge in [-0.1, -0.05) is 45.4 Å². The molecule has 0 bridgehead atoms. The Morgan fingerprint density at radius 2 is 1.88 bits per heavy atom. The second kappa shape index (κ2) is 16.4. The highest BCUT2D eigenvalue weighted by atomic mass is 19.1. The molecule has 232 valence electrons. The van der Waals surface area contributed by atoms with Crippen LogP contribution in [0.25, 0.3) is 5.65 Å². The van der Waals surface area contributed by atoms with Gasteiger partial charge in [-0.2, -0.15) is 0 Å². The van der Waals surface area contributed by atoms with E-state index in [4.69, 9.17) is 9.47 Å². The van der Waals surface area contributed by atoms with E-state index < -0.39 is 5.91 Å². The lowest BCUT2D eigenvalue weighted by Gasteiger charge is -2.19. The number of aryl methyl sites for hydroxylation is 1. The lowest BCUT2D eigenvalue weighted by atomic mass is 10.1. The summed E-state index contributed by atoms with van der Waals surface area (Å²) < 4.78 is 26.1. The van der Waals surface area contributed by atoms with Crippen LogP contribution >= 0.6 is 0 Å². The molecule has 5 rings (SSSR count). The zero-order chi connectivity index (χ0) is 31.4. The first-order valence-electron chi connectivity index (χ1n) is 14.7. The molecule has 10 nitrogen and oxygen atoms in total. The number of benzene rings is 1. The van der Waals surface area contributed by atoms with E-state index in [0.717, 1.165) is 43.0 Å². The largest absolute Gasteiger partial charge is 0.495 e. The second-order valence-corrected chi connectivity index (χ2v) is 9.88. The van der Waals surface area contributed by atoms with Gasteiger partial charge in [0.25, 0.3) is 11.5 Å². The number of halogens is 1. The lowest BCUT2D eigenvalue weighted by molar-refractivity contribution is 0.0937. The fourth-order valence-electron chi connectivity index (χ4n) is 4.77. The van der Waals surface area contributed by atoms with E-state index in [1.165, 1.54) is 25.3 Å². The molecule has 43 heavy (non-hydrogen) atoms. The average Bonchev–Trinajstić information content (AvgIpc) is 3.65. The summed E-state index contributed by atoms with van der Waals surface area (Å²) in [4.78, 5) is 32.8. The zero-order valence-corrected chi connectivity index (χ0v) is 26.0. The summed E-state index contributed by atoms with van der Waals surface area (Å²) in [5, 5.41) is 7.72. The van der Waals surface area contributed by atoms with Crippen LogP contribution in [-0.4, -0.2) is 58.4 Å². The molecule has 1 saturated heterocycles. The predicted molar refractivity (Wildman–Crippen MR) is 166 cm³/mol. The number of hydrogen-bond acceptors (Lipinski definition) is 7. The predicted octanol–water partition coefficient (Wildman–Crippen LogP) is 5.02. The standard InChI is InChI=1S/C24H32N6O4.C6H5F.C2H6/c1-5-6-10-29-19(15-33-3)20(34-4)12-18(24(29)32)23(31)26-17-9-11-28(14-17)22-8-7-21-25-13-16(2)30(21)27-22;7-6-4-2-1-3-5-6;1-2/h7-8,12-13,17H,5-6,9-11,14-15H2,1-4H3,(H,26,31);1-5H;1-2H3/t17-;;/m0../s1. The first-order valence-corrected chi connectivity index (χ1v) is 14.7. The molecule has 1 aliphatic heterocycles. The van der Waals surface area contributed by atoms with Crippen molar-refractivity contribution in [3.63, 3.8) is 0 Å². The Labute approximate surface area is 252 Å². The van der Waals surface area contributed by atoms with Crippen LogP contribution in [0.1, 0.15) is 61.8 Å². The number of amides is 1. The molecule has 1 atom stereocenters. The summed E-state index contributed by atoms with van der Waals surface area (Å²) >= 11 is 0. The Kier molecular flexibility index (Phi) is 12.7. The van der Waals surface area contributed by atoms with E-state index in [-0.39, 0.29) is 29.6 Å². The van der Waals surface area contributed by atoms with Gasteiger partial charge in [-0.3, -0.25) is 9.59 Å². The van der Waals surface area contributed by atoms with Crippen LogP contribution in [0, 0.1) is 12.7 Å². The summed E-state index contributed by atoms with van der Waals surface area (Å²) in [5.41, 5.74) is 2.17. The lowest BCUT2D eigenvalue weighted by Crippen LogP contribution is -2.41. The number of anilines is 1. The third-order valence-electron chi connectivity index (χ3n) is 6.94. The molecule has 0 unspecified atom stereocenters. The van der Waals surface area contributed by atoms with Crippen molar-refractivity contribution in [1.29, 1.82) is 0 Å². The Bertz CT molecular complexity index is 1520. The van der Waals surface area contributed by atoms with Gasteiger partial charge in [-0.05, 0) is 44.0 Å². The first kappa shape index (κ1) is 33.3. The van der Waals surface area contributed by atoms with Crippen molar-refractivity contribution in [1.82, 2.24) is 24.5 Å². The van der Waals surface area contributed by atoms with Gasteiger partial charge in [0.2, 0.25) is 0 Å². The molecule has 3 aromatic heterocycles. The van der Waals surface area contributed by atoms with E-state index in [2.05, 4.69) is 27.2 Å². The van der Waals surface area contributed by atoms with Crippen LogP contribution in [0.2, 0.25) is 0 Å². The van der Waals surface area contributed by atoms with Crippen LogP contribution < -0.4 is 20.5 Å². The van der Waals surface area contributed by atoms with Gasteiger partial charge in [0.05, 0.1) is 31.3 Å². The fraction of sp³-hybridized carbons (Fsp3) is 0.438. The molecule has 4 aromatic rings. The highest BCUT2D eigenvalue weighted by Crippen LogP contribution is 2.22. The molecule has 0 saturated carbocycles. The van der Waals surface area contributed by atoms with Crippen molar-refractivity contribution in [2.24, 2.45) is 0 Å². The minimum absolute atomic E-state index is 0.0832. The van der Waals surface area contributed by atoms with Crippen LogP contribution in [0.5, 0.6) is 5.75 Å². The second-order valence-electron chi connectivity index (χ2n) is 9.88. The summed E-state index contributed by atoms with van der Waals surface area (Å²) in [5.74, 6) is 0.738. The Morgan fingerprint density at radius 3 is 2.51 bits per heavy atom. The van der Waals surface area contributed by atoms with E-state index in [1.807, 2.05) is 37.4 Å². The number of imidazole rings is 1. The van der Waals surface area contributed by atoms with Crippen LogP contribution in [0.15, 0.2) is 59.5 Å². The van der Waals surface area contributed by atoms with Crippen molar-refractivity contribution in [3.8, 4) is 5.75 Å². The average molecular weight is 595 g/mol. The van der Waals surface area contributed by atoms with Crippen LogP contribution in [0.4, 0.5) is 10.2 Å². The van der Waals surface area contributed by atoms with Crippen molar-refractivity contribution in [3.05, 3.63) is 87.9 Å². The number of unbranched alkanes of at least 4 members (excludes halogenated alkanes) is 1. The van der Waals surface area contributed by atoms with Gasteiger partial charge in [-0.25, -0.2) is 13.9 Å². The molecule has 1 aromatic carbocycles. The number of hydrogen-bond donors (Lipinski definition) is 1. The number of aromatic nitrogens is 4. The first-order chi connectivity index (χ1) is 20.9. The van der Waals surface area contributed by atoms with Crippen LogP contribution in [0.3, 0.4) is 0 Å². The number of carbonyl (C=O) groups excluding carboxylic acids is 1. The maximum atomic E-state index is 13.2. The topological polar surface area (TPSA) is 103 Å². The quantitative estimate of drug-likeness (QED) is 0.290. The van der Waals surface area contributed by atoms with E-state index in [9.17, 15) is 14.0 Å². The smallest absolute Gasteiger partial charge is 0.263 e. The van der Waals surface area contributed by atoms with E-state index in [1.54, 1.807) is 36.1 Å². The number of pyridine rings is 1. The number of ether oxygens (including phenoxy) is 2. The monoisotopic (exact) mass is 594 g/mol. The van der Waals surface area contributed by atoms with Gasteiger partial charge in [-0.15, -0.1) is 5.10 Å². The van der Waals surface area contributed by atoms with E-state index in [0.29, 0.717) is 24.5 Å². The highest BCUT2D eigenvalue weighted by molar-refractivity contribution is 5.94. The van der Waals surface area contributed by atoms with Crippen molar-refractivity contribution in [2.75, 3.05) is 32.2 Å². The van der Waals surface area contributed by atoms with Gasteiger partial charge >= 0.3 is 0 Å². The molecular formula is C32H43FN6O4. The maximum Gasteiger partial charge on any atom is 0.263 e. The third-order valence-corrected chi connectivity index (χ3v) is 6.94. The summed E-state index contributed by atoms with van der Waals surface area (Å²) in [7, 11) is 3.10. The molecule has 0 aliphatic carbocycles. The summed E-state index contributed by atoms with van der Waals surface area (Å²) in [6.07, 6.45) is 4.29. The van der Waals surface area contributed by atoms with Gasteiger partial charge in [0.1, 0.15) is 22.9 Å². The molecular weight excluding hydrogens is 551 g/mol. The summed E-state index contributed by atoms with van der Waals surface area (Å²) in [6, 6.07) is 13.2. The van der Waals surface area contributed by atoms with Gasteiger partial charge < -0.3 is 24.3 Å². The molecule has 11 heteroatoms. The van der Waals surface area contributed by atoms with Crippen molar-refractivity contribution < 1.29 is 18.7 Å². The highest BCUT2D eigenvalue weighted by Gasteiger charge is 2.27. The molecule has 0 spiro atoms. The van der Waals surface area contributed by atoms with Crippen molar-refractivity contribution in [2.45, 2.75) is 66.2 Å². The number of carbonyl (C=O) groups is 1. The number of methoxy groups -OCH3 is 2. The molecule has 4 heterocycles. The SMILES string of the molecule is CC.CCCCn1c(COC)c(OC)cc(C(=O)N[C@H]2CCN(c3ccc4ncc(C)n4n3)C2)c1=O.Fc1ccccc1. The number of nitrogens with zero attached hydrogens (tertiary/aromatic N) is 5. The maximum absolute atomic E-state index is 13.2. The molecule has 1 amide bonds. The third kappa shape index (κ3) is 8.41. The van der Waals surface area contributed by atoms with Crippen LogP contribution in [-0.2, 0) is 17.9 Å². The minimum Gasteiger partial charge on any atom is -0.495 e. The number of nitrogens with one attached hydrogen (secondary N) is 1. The molecule has 1 fully saturated rings. The minimum atomic E-state index is -0.391. The number of fused-ring (bicyclic) bond motifs is 1. The number of rotatable bonds is 9. The van der Waals surface area contributed by atoms with Crippen molar-refractivity contribution >= 4 is 17.4 Å². The summed E-state index contributed by atoms with van der Waals surface area (Å²) in [6.45, 7) is 10.1. The van der Waals surface area contributed by atoms with Gasteiger partial charge in [0.15, 0.2) is 5.65 Å².